The molecule has 2 heterocycles. The van der Waals surface area contributed by atoms with Crippen LogP contribution in [0.25, 0.3) is 10.9 Å². The van der Waals surface area contributed by atoms with Gasteiger partial charge in [-0.25, -0.2) is 0 Å². The minimum Gasteiger partial charge on any atom is -0.368 e. The third-order valence-corrected chi connectivity index (χ3v) is 6.12. The van der Waals surface area contributed by atoms with E-state index in [1.807, 2.05) is 0 Å². The van der Waals surface area contributed by atoms with Gasteiger partial charge in [0.2, 0.25) is 0 Å². The van der Waals surface area contributed by atoms with Crippen molar-refractivity contribution in [2.24, 2.45) is 13.0 Å². The average Bonchev–Trinajstić information content (AvgIpc) is 3.31. The molecule has 4 heteroatoms. The molecule has 1 aliphatic heterocycles. The van der Waals surface area contributed by atoms with Crippen LogP contribution in [0.5, 0.6) is 0 Å². The van der Waals surface area contributed by atoms with Gasteiger partial charge in [0.05, 0.1) is 6.54 Å². The van der Waals surface area contributed by atoms with Crippen LogP contribution in [0, 0.1) is 5.92 Å². The van der Waals surface area contributed by atoms with Crippen LogP contribution in [-0.4, -0.2) is 34.6 Å². The molecule has 2 fully saturated rings. The lowest BCUT2D eigenvalue weighted by molar-refractivity contribution is -0.142. The van der Waals surface area contributed by atoms with E-state index in [0.29, 0.717) is 12.5 Å². The number of para-hydroxylation sites is 1. The summed E-state index contributed by atoms with van der Waals surface area (Å²) >= 11 is 0. The molecule has 1 saturated heterocycles. The van der Waals surface area contributed by atoms with Gasteiger partial charge in [0.25, 0.3) is 5.91 Å². The Morgan fingerprint density at radius 1 is 1.15 bits per heavy atom. The third kappa shape index (κ3) is 3.66. The van der Waals surface area contributed by atoms with Crippen LogP contribution in [-0.2, 0) is 23.1 Å². The molecule has 1 amide bonds. The van der Waals surface area contributed by atoms with Crippen molar-refractivity contribution in [2.75, 3.05) is 13.2 Å². The normalized spacial score (nSPS) is 21.3. The Balaban J connectivity index is 1.56. The van der Waals surface area contributed by atoms with Gasteiger partial charge in [-0.1, -0.05) is 37.5 Å². The number of rotatable bonds is 5. The van der Waals surface area contributed by atoms with Gasteiger partial charge in [-0.3, -0.25) is 4.79 Å². The maximum Gasteiger partial charge on any atom is 0.252 e. The fourth-order valence-electron chi connectivity index (χ4n) is 4.58. The summed E-state index contributed by atoms with van der Waals surface area (Å²) in [6.45, 7) is 2.28. The maximum absolute atomic E-state index is 13.1. The van der Waals surface area contributed by atoms with Crippen molar-refractivity contribution >= 4 is 16.8 Å². The van der Waals surface area contributed by atoms with Crippen molar-refractivity contribution in [3.05, 3.63) is 36.0 Å². The Bertz CT molecular complexity index is 755. The van der Waals surface area contributed by atoms with E-state index in [4.69, 9.17) is 4.74 Å². The molecule has 1 aromatic heterocycles. The average molecular weight is 354 g/mol. The summed E-state index contributed by atoms with van der Waals surface area (Å²) in [5.41, 5.74) is 2.43. The quantitative estimate of drug-likeness (QED) is 0.804. The molecule has 0 radical (unpaired) electrons. The van der Waals surface area contributed by atoms with E-state index in [9.17, 15) is 4.79 Å². The first kappa shape index (κ1) is 17.6. The van der Waals surface area contributed by atoms with Crippen molar-refractivity contribution in [2.45, 2.75) is 57.6 Å². The number of fused-ring (bicyclic) bond motifs is 1. The highest BCUT2D eigenvalue weighted by molar-refractivity contribution is 5.83. The monoisotopic (exact) mass is 354 g/mol. The van der Waals surface area contributed by atoms with Gasteiger partial charge in [-0.2, -0.15) is 0 Å². The fraction of sp³-hybridized carbons (Fsp3) is 0.591. The lowest BCUT2D eigenvalue weighted by Crippen LogP contribution is -2.41. The summed E-state index contributed by atoms with van der Waals surface area (Å²) in [4.78, 5) is 15.2. The van der Waals surface area contributed by atoms with Crippen LogP contribution in [0.15, 0.2) is 30.3 Å². The topological polar surface area (TPSA) is 34.5 Å². The van der Waals surface area contributed by atoms with Crippen LogP contribution in [0.1, 0.15) is 50.6 Å². The molecule has 0 spiro atoms. The molecule has 1 aromatic carbocycles. The first-order chi connectivity index (χ1) is 12.7. The predicted octanol–water partition coefficient (Wildman–Crippen LogP) is 4.27. The summed E-state index contributed by atoms with van der Waals surface area (Å²) in [5, 5.41) is 1.24. The van der Waals surface area contributed by atoms with Crippen LogP contribution in [0.2, 0.25) is 0 Å². The van der Waals surface area contributed by atoms with Gasteiger partial charge < -0.3 is 14.2 Å². The number of hydrogen-bond acceptors (Lipinski definition) is 2. The van der Waals surface area contributed by atoms with E-state index < -0.39 is 0 Å². The molecule has 2 aliphatic rings. The number of carbonyl (C=O) groups is 1. The zero-order valence-electron chi connectivity index (χ0n) is 15.8. The maximum atomic E-state index is 13.1. The summed E-state index contributed by atoms with van der Waals surface area (Å²) in [5.74, 6) is 0.835. The van der Waals surface area contributed by atoms with Crippen molar-refractivity contribution in [1.29, 1.82) is 0 Å². The van der Waals surface area contributed by atoms with Crippen LogP contribution in [0.3, 0.4) is 0 Å². The molecule has 1 saturated carbocycles. The van der Waals surface area contributed by atoms with Crippen molar-refractivity contribution in [3.63, 3.8) is 0 Å². The van der Waals surface area contributed by atoms with Gasteiger partial charge in [-0.15, -0.1) is 0 Å². The number of amides is 1. The molecule has 0 N–H and O–H groups in total. The van der Waals surface area contributed by atoms with E-state index in [0.717, 1.165) is 26.0 Å². The second-order valence-electron chi connectivity index (χ2n) is 7.98. The third-order valence-electron chi connectivity index (χ3n) is 6.12. The number of ether oxygens (including phenoxy) is 1. The standard InChI is InChI=1S/C22H30N2O2/c1-23-19(14-18-10-5-6-11-20(18)23)16-24(15-17-8-3-2-4-9-17)22(25)21-12-7-13-26-21/h5-6,10-11,14,17,21H,2-4,7-9,12-13,15-16H2,1H3. The number of carbonyl (C=O) groups excluding carboxylic acids is 1. The largest absolute Gasteiger partial charge is 0.368 e. The summed E-state index contributed by atoms with van der Waals surface area (Å²) < 4.78 is 7.94. The molecule has 2 aromatic rings. The molecule has 26 heavy (non-hydrogen) atoms. The molecule has 4 nitrogen and oxygen atoms in total. The van der Waals surface area contributed by atoms with Crippen LogP contribution >= 0.6 is 0 Å². The second kappa shape index (κ2) is 7.83. The van der Waals surface area contributed by atoms with Crippen molar-refractivity contribution < 1.29 is 9.53 Å². The summed E-state index contributed by atoms with van der Waals surface area (Å²) in [7, 11) is 2.10. The Kier molecular flexibility index (Phi) is 5.30. The zero-order chi connectivity index (χ0) is 17.9. The Labute approximate surface area is 156 Å². The summed E-state index contributed by atoms with van der Waals surface area (Å²) in [6.07, 6.45) is 8.11. The SMILES string of the molecule is Cn1c(CN(CC2CCCCC2)C(=O)C2CCCO2)cc2ccccc21. The second-order valence-corrected chi connectivity index (χ2v) is 7.98. The minimum absolute atomic E-state index is 0.193. The van der Waals surface area contributed by atoms with Gasteiger partial charge in [0, 0.05) is 31.4 Å². The lowest BCUT2D eigenvalue weighted by Gasteiger charge is -2.31. The van der Waals surface area contributed by atoms with E-state index in [1.165, 1.54) is 48.7 Å². The highest BCUT2D eigenvalue weighted by Gasteiger charge is 2.30. The first-order valence-electron chi connectivity index (χ1n) is 10.2. The van der Waals surface area contributed by atoms with E-state index in [-0.39, 0.29) is 12.0 Å². The molecule has 4 rings (SSSR count). The highest BCUT2D eigenvalue weighted by atomic mass is 16.5. The lowest BCUT2D eigenvalue weighted by atomic mass is 9.89. The van der Waals surface area contributed by atoms with Crippen LogP contribution < -0.4 is 0 Å². The fourth-order valence-corrected chi connectivity index (χ4v) is 4.58. The Morgan fingerprint density at radius 3 is 2.69 bits per heavy atom. The molecule has 1 atom stereocenters. The Morgan fingerprint density at radius 2 is 1.96 bits per heavy atom. The van der Waals surface area contributed by atoms with Gasteiger partial charge >= 0.3 is 0 Å². The number of aromatic nitrogens is 1. The molecular weight excluding hydrogens is 324 g/mol. The number of aryl methyl sites for hydroxylation is 1. The highest BCUT2D eigenvalue weighted by Crippen LogP contribution is 2.27. The van der Waals surface area contributed by atoms with Crippen molar-refractivity contribution in [3.8, 4) is 0 Å². The molecule has 1 unspecified atom stereocenters. The van der Waals surface area contributed by atoms with Gasteiger partial charge in [0.15, 0.2) is 0 Å². The molecular formula is C22H30N2O2. The van der Waals surface area contributed by atoms with E-state index >= 15 is 0 Å². The predicted molar refractivity (Wildman–Crippen MR) is 104 cm³/mol. The first-order valence-corrected chi connectivity index (χ1v) is 10.2. The molecule has 1 aliphatic carbocycles. The van der Waals surface area contributed by atoms with E-state index in [2.05, 4.69) is 46.8 Å². The summed E-state index contributed by atoms with van der Waals surface area (Å²) in [6, 6.07) is 10.7. The Hall–Kier alpha value is -1.81. The molecule has 0 bridgehead atoms. The smallest absolute Gasteiger partial charge is 0.252 e. The number of benzene rings is 1. The van der Waals surface area contributed by atoms with Crippen molar-refractivity contribution in [1.82, 2.24) is 9.47 Å². The van der Waals surface area contributed by atoms with Gasteiger partial charge in [0.1, 0.15) is 6.10 Å². The van der Waals surface area contributed by atoms with Gasteiger partial charge in [-0.05, 0) is 49.1 Å². The van der Waals surface area contributed by atoms with Crippen LogP contribution in [0.4, 0.5) is 0 Å². The van der Waals surface area contributed by atoms with E-state index in [1.54, 1.807) is 0 Å². The number of nitrogens with zero attached hydrogens (tertiary/aromatic N) is 2. The zero-order valence-corrected chi connectivity index (χ0v) is 15.8. The number of hydrogen-bond donors (Lipinski definition) is 0. The minimum atomic E-state index is -0.228. The molecule has 140 valence electrons.